The first-order valence-electron chi connectivity index (χ1n) is 10.4. The highest BCUT2D eigenvalue weighted by molar-refractivity contribution is 8.78. The summed E-state index contributed by atoms with van der Waals surface area (Å²) in [5.41, 5.74) is 2.27. The zero-order valence-corrected chi connectivity index (χ0v) is 20.9. The molecule has 0 saturated carbocycles. The molecule has 5 aliphatic heterocycles. The van der Waals surface area contributed by atoms with E-state index in [-0.39, 0.29) is 35.5 Å². The highest BCUT2D eigenvalue weighted by atomic mass is 33.1. The van der Waals surface area contributed by atoms with E-state index in [4.69, 9.17) is 4.43 Å². The summed E-state index contributed by atoms with van der Waals surface area (Å²) in [7, 11) is 2.78. The van der Waals surface area contributed by atoms with Gasteiger partial charge in [-0.2, -0.15) is 0 Å². The van der Waals surface area contributed by atoms with Crippen molar-refractivity contribution in [1.29, 1.82) is 0 Å². The van der Waals surface area contributed by atoms with Gasteiger partial charge in [-0.1, -0.05) is 49.8 Å². The Bertz CT molecular complexity index is 952. The van der Waals surface area contributed by atoms with Crippen LogP contribution in [-0.2, 0) is 14.0 Å². The molecule has 1 aromatic rings. The maximum atomic E-state index is 14.0. The number of amides is 2. The third kappa shape index (κ3) is 2.43. The van der Waals surface area contributed by atoms with E-state index < -0.39 is 18.1 Å². The predicted molar refractivity (Wildman–Crippen MR) is 125 cm³/mol. The molecule has 30 heavy (non-hydrogen) atoms. The Morgan fingerprint density at radius 2 is 1.90 bits per heavy atom. The Morgan fingerprint density at radius 3 is 2.60 bits per heavy atom. The van der Waals surface area contributed by atoms with Crippen molar-refractivity contribution in [2.75, 3.05) is 19.0 Å². The zero-order valence-electron chi connectivity index (χ0n) is 18.3. The number of anilines is 1. The summed E-state index contributed by atoms with van der Waals surface area (Å²) in [4.78, 5) is 29.3. The van der Waals surface area contributed by atoms with Crippen molar-refractivity contribution >= 4 is 47.4 Å². The molecule has 1 spiro atoms. The van der Waals surface area contributed by atoms with E-state index in [1.807, 2.05) is 17.0 Å². The van der Waals surface area contributed by atoms with Crippen LogP contribution in [0.3, 0.4) is 0 Å². The number of carbonyl (C=O) groups is 2. The Kier molecular flexibility index (Phi) is 4.29. The lowest BCUT2D eigenvalue weighted by atomic mass is 9.95. The molecule has 2 bridgehead atoms. The van der Waals surface area contributed by atoms with Crippen LogP contribution in [0.2, 0.25) is 18.1 Å². The van der Waals surface area contributed by atoms with Crippen LogP contribution in [0.15, 0.2) is 24.3 Å². The van der Waals surface area contributed by atoms with Crippen molar-refractivity contribution in [3.8, 4) is 0 Å². The van der Waals surface area contributed by atoms with E-state index in [0.29, 0.717) is 6.42 Å². The number of nitrogens with zero attached hydrogens (tertiary/aromatic N) is 2. The Balaban J connectivity index is 1.51. The zero-order chi connectivity index (χ0) is 21.7. The summed E-state index contributed by atoms with van der Waals surface area (Å²) in [6.07, 6.45) is 0.473. The largest absolute Gasteiger partial charge is 0.413 e. The minimum Gasteiger partial charge on any atom is -0.413 e. The highest BCUT2D eigenvalue weighted by Gasteiger charge is 2.74. The first-order valence-corrected chi connectivity index (χ1v) is 15.5. The lowest BCUT2D eigenvalue weighted by Crippen LogP contribution is -2.77. The molecular weight excluding hydrogens is 434 g/mol. The Hall–Kier alpha value is -1.16. The van der Waals surface area contributed by atoms with Crippen LogP contribution >= 0.6 is 21.6 Å². The molecule has 5 heterocycles. The maximum absolute atomic E-state index is 14.0. The fourth-order valence-corrected chi connectivity index (χ4v) is 9.49. The molecule has 6 nitrogen and oxygen atoms in total. The van der Waals surface area contributed by atoms with Crippen LogP contribution < -0.4 is 5.32 Å². The number of para-hydroxylation sites is 1. The van der Waals surface area contributed by atoms with Gasteiger partial charge in [0.25, 0.3) is 11.8 Å². The number of piperazine rings is 1. The number of hydrogen-bond donors (Lipinski definition) is 1. The van der Waals surface area contributed by atoms with Gasteiger partial charge in [-0.3, -0.25) is 14.5 Å². The van der Waals surface area contributed by atoms with Gasteiger partial charge in [-0.05, 0) is 40.6 Å². The van der Waals surface area contributed by atoms with Crippen molar-refractivity contribution in [3.05, 3.63) is 29.8 Å². The van der Waals surface area contributed by atoms with E-state index in [1.165, 1.54) is 16.4 Å². The number of nitrogens with one attached hydrogen (secondary N) is 1. The number of fused-ring (bicyclic) bond motifs is 5. The molecule has 0 unspecified atom stereocenters. The van der Waals surface area contributed by atoms with Crippen molar-refractivity contribution < 1.29 is 14.0 Å². The molecule has 2 amide bonds. The number of rotatable bonds is 3. The molecule has 4 atom stereocenters. The summed E-state index contributed by atoms with van der Waals surface area (Å²) in [6, 6.07) is 8.20. The fraction of sp³-hybridized carbons (Fsp3) is 0.619. The van der Waals surface area contributed by atoms with Crippen molar-refractivity contribution in [1.82, 2.24) is 9.80 Å². The maximum Gasteiger partial charge on any atom is 0.265 e. The number of benzene rings is 1. The van der Waals surface area contributed by atoms with Gasteiger partial charge in [0.1, 0.15) is 6.17 Å². The van der Waals surface area contributed by atoms with Gasteiger partial charge in [0.2, 0.25) is 4.87 Å². The monoisotopic (exact) mass is 463 g/mol. The van der Waals surface area contributed by atoms with Gasteiger partial charge >= 0.3 is 0 Å². The Labute approximate surface area is 187 Å². The lowest BCUT2D eigenvalue weighted by molar-refractivity contribution is -0.166. The molecule has 162 valence electrons. The van der Waals surface area contributed by atoms with E-state index in [0.717, 1.165) is 5.69 Å². The molecule has 6 rings (SSSR count). The molecule has 0 aromatic heterocycles. The summed E-state index contributed by atoms with van der Waals surface area (Å²) < 4.78 is 6.50. The summed E-state index contributed by atoms with van der Waals surface area (Å²) in [5.74, 6) is 0.157. The molecule has 1 aromatic carbocycles. The standard InChI is InChI=1S/C21H29N3O3S2Si/c1-19(2,3)30(5,6)27-12-21-18(26)24-16-14(13-9-7-8-10-15(13)22-16)11-20(24,28-29-21)17(25)23(21)4/h7-10,14,16,22H,11-12H2,1-6H3/t14-,16-,20+,21-/m1/s1. The minimum atomic E-state index is -2.08. The van der Waals surface area contributed by atoms with E-state index in [1.54, 1.807) is 22.7 Å². The van der Waals surface area contributed by atoms with Crippen LogP contribution in [0.25, 0.3) is 0 Å². The normalized spacial score (nSPS) is 34.7. The third-order valence-corrected chi connectivity index (χ3v) is 15.8. The van der Waals surface area contributed by atoms with Crippen LogP contribution in [0.4, 0.5) is 5.69 Å². The van der Waals surface area contributed by atoms with E-state index in [2.05, 4.69) is 51.3 Å². The quantitative estimate of drug-likeness (QED) is 0.539. The predicted octanol–water partition coefficient (Wildman–Crippen LogP) is 4.04. The van der Waals surface area contributed by atoms with Gasteiger partial charge in [-0.25, -0.2) is 0 Å². The van der Waals surface area contributed by atoms with Crippen LogP contribution in [0.1, 0.15) is 38.7 Å². The van der Waals surface area contributed by atoms with E-state index in [9.17, 15) is 9.59 Å². The second-order valence-electron chi connectivity index (χ2n) is 10.3. The van der Waals surface area contributed by atoms with Crippen LogP contribution in [0.5, 0.6) is 0 Å². The molecule has 0 radical (unpaired) electrons. The highest BCUT2D eigenvalue weighted by Crippen LogP contribution is 2.67. The summed E-state index contributed by atoms with van der Waals surface area (Å²) >= 11 is 0. The fourth-order valence-electron chi connectivity index (χ4n) is 4.72. The molecule has 1 N–H and O–H groups in total. The SMILES string of the molecule is CN1C(=O)[C@@]23C[C@@H]4c5ccccc5N[C@@H]4N2C(=O)[C@@]1(CO[Si](C)(C)C(C)(C)C)SS3. The van der Waals surface area contributed by atoms with Gasteiger partial charge in [0.15, 0.2) is 13.2 Å². The number of hydrogen-bond acceptors (Lipinski definition) is 6. The molecule has 0 aliphatic carbocycles. The van der Waals surface area contributed by atoms with Crippen LogP contribution in [0, 0.1) is 0 Å². The van der Waals surface area contributed by atoms with Crippen molar-refractivity contribution in [2.24, 2.45) is 0 Å². The smallest absolute Gasteiger partial charge is 0.265 e. The Morgan fingerprint density at radius 1 is 1.20 bits per heavy atom. The molecule has 9 heteroatoms. The second kappa shape index (κ2) is 6.21. The second-order valence-corrected chi connectivity index (χ2v) is 17.8. The molecular formula is C21H29N3O3S2Si. The molecule has 4 saturated heterocycles. The minimum absolute atomic E-state index is 0.000125. The first-order chi connectivity index (χ1) is 13.9. The van der Waals surface area contributed by atoms with Gasteiger partial charge < -0.3 is 14.6 Å². The van der Waals surface area contributed by atoms with Crippen molar-refractivity contribution in [2.45, 2.75) is 67.1 Å². The van der Waals surface area contributed by atoms with Crippen LogP contribution in [-0.4, -0.2) is 59.5 Å². The average molecular weight is 464 g/mol. The van der Waals surface area contributed by atoms with Gasteiger partial charge in [0.05, 0.1) is 6.61 Å². The average Bonchev–Trinajstić information content (AvgIpc) is 3.19. The third-order valence-electron chi connectivity index (χ3n) is 7.69. The number of likely N-dealkylation sites (N-methyl/N-ethyl adjacent to an activating group) is 1. The lowest BCUT2D eigenvalue weighted by Gasteiger charge is -2.58. The molecule has 5 aliphatic rings. The molecule has 4 fully saturated rings. The first kappa shape index (κ1) is 20.7. The summed E-state index contributed by atoms with van der Waals surface area (Å²) in [6.45, 7) is 11.2. The summed E-state index contributed by atoms with van der Waals surface area (Å²) in [5, 5.41) is 3.57. The van der Waals surface area contributed by atoms with Gasteiger partial charge in [0, 0.05) is 25.1 Å². The topological polar surface area (TPSA) is 61.9 Å². The number of carbonyl (C=O) groups excluding carboxylic acids is 2. The van der Waals surface area contributed by atoms with Gasteiger partial charge in [-0.15, -0.1) is 0 Å². The van der Waals surface area contributed by atoms with E-state index >= 15 is 0 Å². The van der Waals surface area contributed by atoms with Crippen molar-refractivity contribution in [3.63, 3.8) is 0 Å².